The molecule has 1 amide bonds. The lowest BCUT2D eigenvalue weighted by Gasteiger charge is -2.10. The third kappa shape index (κ3) is 4.45. The van der Waals surface area contributed by atoms with E-state index < -0.39 is 15.9 Å². The first-order valence-electron chi connectivity index (χ1n) is 5.43. The van der Waals surface area contributed by atoms with Crippen molar-refractivity contribution < 1.29 is 13.2 Å². The topological polar surface area (TPSA) is 89.3 Å². The summed E-state index contributed by atoms with van der Waals surface area (Å²) >= 11 is 8.92. The van der Waals surface area contributed by atoms with Gasteiger partial charge in [0.1, 0.15) is 0 Å². The molecule has 0 spiro atoms. The van der Waals surface area contributed by atoms with E-state index in [1.807, 2.05) is 13.8 Å². The Hall–Kier alpha value is -0.630. The molecule has 0 fully saturated rings. The van der Waals surface area contributed by atoms with E-state index >= 15 is 0 Å². The van der Waals surface area contributed by atoms with Crippen molar-refractivity contribution in [3.8, 4) is 0 Å². The summed E-state index contributed by atoms with van der Waals surface area (Å²) in [5.41, 5.74) is 0.151. The van der Waals surface area contributed by atoms with Crippen molar-refractivity contribution in [2.45, 2.75) is 18.7 Å². The molecule has 0 aliphatic rings. The Morgan fingerprint density at radius 1 is 1.47 bits per heavy atom. The summed E-state index contributed by atoms with van der Waals surface area (Å²) in [5, 5.41) is 7.86. The van der Waals surface area contributed by atoms with Gasteiger partial charge in [-0.2, -0.15) is 0 Å². The molecule has 0 bridgehead atoms. The van der Waals surface area contributed by atoms with E-state index in [9.17, 15) is 13.2 Å². The van der Waals surface area contributed by atoms with Crippen LogP contribution in [0.15, 0.2) is 21.5 Å². The number of sulfonamides is 1. The van der Waals surface area contributed by atoms with E-state index in [1.54, 1.807) is 0 Å². The van der Waals surface area contributed by atoms with E-state index in [-0.39, 0.29) is 25.9 Å². The van der Waals surface area contributed by atoms with E-state index in [1.165, 1.54) is 12.1 Å². The minimum absolute atomic E-state index is 0.112. The highest BCUT2D eigenvalue weighted by atomic mass is 79.9. The van der Waals surface area contributed by atoms with Crippen LogP contribution in [0, 0.1) is 5.92 Å². The summed E-state index contributed by atoms with van der Waals surface area (Å²) in [6.07, 6.45) is 0. The fourth-order valence-corrected chi connectivity index (χ4v) is 3.13. The number of carbonyl (C=O) groups excluding carboxylic acids is 1. The molecule has 1 rings (SSSR count). The van der Waals surface area contributed by atoms with E-state index in [2.05, 4.69) is 21.2 Å². The van der Waals surface area contributed by atoms with Gasteiger partial charge in [0.05, 0.1) is 14.4 Å². The number of benzene rings is 1. The fourth-order valence-electron chi connectivity index (χ4n) is 1.30. The van der Waals surface area contributed by atoms with Gasteiger partial charge in [-0.25, -0.2) is 13.6 Å². The summed E-state index contributed by atoms with van der Waals surface area (Å²) in [7, 11) is -3.95. The standard InChI is InChI=1S/C11H14BrClN2O3S/c1-6(2)5-15-11(16)7-3-8(13)10(12)9(4-7)19(14,17)18/h3-4,6H,5H2,1-2H3,(H,15,16)(H2,14,17,18). The van der Waals surface area contributed by atoms with Crippen molar-refractivity contribution >= 4 is 43.5 Å². The number of amides is 1. The Kier molecular flexibility index (Phi) is 5.37. The maximum absolute atomic E-state index is 11.9. The monoisotopic (exact) mass is 368 g/mol. The van der Waals surface area contributed by atoms with Crippen LogP contribution >= 0.6 is 27.5 Å². The molecule has 0 atom stereocenters. The molecule has 3 N–H and O–H groups in total. The van der Waals surface area contributed by atoms with Crippen LogP contribution in [-0.2, 0) is 10.0 Å². The van der Waals surface area contributed by atoms with E-state index in [0.717, 1.165) is 0 Å². The number of halogens is 2. The fraction of sp³-hybridized carbons (Fsp3) is 0.364. The van der Waals surface area contributed by atoms with Gasteiger partial charge in [0.25, 0.3) is 5.91 Å². The van der Waals surface area contributed by atoms with Gasteiger partial charge in [-0.1, -0.05) is 25.4 Å². The highest BCUT2D eigenvalue weighted by Gasteiger charge is 2.19. The second kappa shape index (κ2) is 6.21. The van der Waals surface area contributed by atoms with Crippen LogP contribution in [0.25, 0.3) is 0 Å². The number of carbonyl (C=O) groups is 1. The molecule has 0 unspecified atom stereocenters. The summed E-state index contributed by atoms with van der Waals surface area (Å²) in [5.74, 6) is -0.111. The predicted molar refractivity (Wildman–Crippen MR) is 77.7 cm³/mol. The number of hydrogen-bond donors (Lipinski definition) is 2. The smallest absolute Gasteiger partial charge is 0.251 e. The Morgan fingerprint density at radius 3 is 2.53 bits per heavy atom. The normalized spacial score (nSPS) is 11.7. The molecule has 0 aliphatic carbocycles. The molecule has 1 aromatic rings. The van der Waals surface area contributed by atoms with Crippen molar-refractivity contribution in [2.75, 3.05) is 6.54 Å². The van der Waals surface area contributed by atoms with Gasteiger partial charge in [0, 0.05) is 12.1 Å². The van der Waals surface area contributed by atoms with Crippen molar-refractivity contribution in [1.82, 2.24) is 5.32 Å². The Labute approximate surface area is 125 Å². The lowest BCUT2D eigenvalue weighted by molar-refractivity contribution is 0.0949. The van der Waals surface area contributed by atoms with Crippen LogP contribution < -0.4 is 10.5 Å². The second-order valence-corrected chi connectivity index (χ2v) is 7.15. The molecule has 0 saturated heterocycles. The Morgan fingerprint density at radius 2 is 2.05 bits per heavy atom. The van der Waals surface area contributed by atoms with Gasteiger partial charge >= 0.3 is 0 Å². The third-order valence-corrected chi connectivity index (χ3v) is 4.81. The van der Waals surface area contributed by atoms with Gasteiger partial charge < -0.3 is 5.32 Å². The largest absolute Gasteiger partial charge is 0.352 e. The van der Waals surface area contributed by atoms with Crippen LogP contribution in [-0.4, -0.2) is 20.9 Å². The van der Waals surface area contributed by atoms with Crippen LogP contribution in [0.2, 0.25) is 5.02 Å². The number of rotatable bonds is 4. The van der Waals surface area contributed by atoms with Gasteiger partial charge in [-0.3, -0.25) is 4.79 Å². The maximum Gasteiger partial charge on any atom is 0.251 e. The molecular formula is C11H14BrClN2O3S. The Bertz CT molecular complexity index is 602. The van der Waals surface area contributed by atoms with Gasteiger partial charge in [0.2, 0.25) is 10.0 Å². The minimum Gasteiger partial charge on any atom is -0.352 e. The molecular weight excluding hydrogens is 356 g/mol. The second-order valence-electron chi connectivity index (χ2n) is 4.42. The van der Waals surface area contributed by atoms with E-state index in [0.29, 0.717) is 6.54 Å². The number of primary sulfonamides is 1. The van der Waals surface area contributed by atoms with Crippen molar-refractivity contribution in [3.63, 3.8) is 0 Å². The summed E-state index contributed by atoms with van der Waals surface area (Å²) < 4.78 is 23.0. The van der Waals surface area contributed by atoms with Crippen LogP contribution in [0.5, 0.6) is 0 Å². The first-order chi connectivity index (χ1) is 8.62. The molecule has 5 nitrogen and oxygen atoms in total. The number of hydrogen-bond acceptors (Lipinski definition) is 3. The SMILES string of the molecule is CC(C)CNC(=O)c1cc(Cl)c(Br)c(S(N)(=O)=O)c1. The zero-order valence-corrected chi connectivity index (χ0v) is 13.6. The number of nitrogens with two attached hydrogens (primary N) is 1. The first-order valence-corrected chi connectivity index (χ1v) is 8.14. The minimum atomic E-state index is -3.95. The van der Waals surface area contributed by atoms with Crippen molar-refractivity contribution in [1.29, 1.82) is 0 Å². The molecule has 8 heteroatoms. The molecule has 0 saturated carbocycles. The molecule has 0 aromatic heterocycles. The third-order valence-electron chi connectivity index (χ3n) is 2.23. The van der Waals surface area contributed by atoms with Crippen molar-refractivity contribution in [3.05, 3.63) is 27.2 Å². The van der Waals surface area contributed by atoms with Crippen LogP contribution in [0.4, 0.5) is 0 Å². The molecule has 0 radical (unpaired) electrons. The lowest BCUT2D eigenvalue weighted by atomic mass is 10.2. The average molecular weight is 370 g/mol. The van der Waals surface area contributed by atoms with Crippen LogP contribution in [0.3, 0.4) is 0 Å². The molecule has 1 aromatic carbocycles. The zero-order valence-electron chi connectivity index (χ0n) is 10.4. The Balaban J connectivity index is 3.18. The van der Waals surface area contributed by atoms with Crippen molar-refractivity contribution in [2.24, 2.45) is 11.1 Å². The maximum atomic E-state index is 11.9. The number of nitrogens with one attached hydrogen (secondary N) is 1. The van der Waals surface area contributed by atoms with Gasteiger partial charge in [0.15, 0.2) is 0 Å². The quantitative estimate of drug-likeness (QED) is 0.852. The summed E-state index contributed by atoms with van der Waals surface area (Å²) in [4.78, 5) is 11.7. The molecule has 0 aliphatic heterocycles. The predicted octanol–water partition coefficient (Wildman–Crippen LogP) is 2.14. The summed E-state index contributed by atoms with van der Waals surface area (Å²) in [6.45, 7) is 4.38. The van der Waals surface area contributed by atoms with E-state index in [4.69, 9.17) is 16.7 Å². The molecule has 19 heavy (non-hydrogen) atoms. The van der Waals surface area contributed by atoms with Crippen LogP contribution in [0.1, 0.15) is 24.2 Å². The van der Waals surface area contributed by atoms with Gasteiger partial charge in [-0.05, 0) is 34.0 Å². The summed E-state index contributed by atoms with van der Waals surface area (Å²) in [6, 6.07) is 2.58. The molecule has 0 heterocycles. The lowest BCUT2D eigenvalue weighted by Crippen LogP contribution is -2.27. The highest BCUT2D eigenvalue weighted by molar-refractivity contribution is 9.10. The highest BCUT2D eigenvalue weighted by Crippen LogP contribution is 2.30. The average Bonchev–Trinajstić information content (AvgIpc) is 2.27. The first kappa shape index (κ1) is 16.4. The zero-order chi connectivity index (χ0) is 14.8. The van der Waals surface area contributed by atoms with Gasteiger partial charge in [-0.15, -0.1) is 0 Å². The molecule has 106 valence electrons.